The molecule has 1 aliphatic rings. The van der Waals surface area contributed by atoms with E-state index in [4.69, 9.17) is 16.3 Å². The number of ether oxygens (including phenoxy) is 1. The number of likely N-dealkylation sites (tertiary alicyclic amines) is 1. The van der Waals surface area contributed by atoms with Crippen molar-refractivity contribution in [3.8, 4) is 0 Å². The van der Waals surface area contributed by atoms with E-state index in [1.807, 2.05) is 6.92 Å². The molecule has 1 amide bonds. The molecule has 1 heterocycles. The Hall–Kier alpha value is -1.13. The Morgan fingerprint density at radius 2 is 2.16 bits per heavy atom. The summed E-state index contributed by atoms with van der Waals surface area (Å²) < 4.78 is 19.2. The third-order valence-corrected chi connectivity index (χ3v) is 3.53. The zero-order chi connectivity index (χ0) is 13.8. The van der Waals surface area contributed by atoms with Gasteiger partial charge in [-0.15, -0.1) is 0 Å². The van der Waals surface area contributed by atoms with Gasteiger partial charge in [-0.2, -0.15) is 0 Å². The zero-order valence-electron chi connectivity index (χ0n) is 10.9. The molecular weight excluding hydrogens is 269 g/mol. The van der Waals surface area contributed by atoms with Crippen molar-refractivity contribution in [3.05, 3.63) is 34.6 Å². The summed E-state index contributed by atoms with van der Waals surface area (Å²) in [4.78, 5) is 13.9. The average Bonchev–Trinajstić information content (AvgIpc) is 2.42. The van der Waals surface area contributed by atoms with E-state index in [2.05, 4.69) is 0 Å². The number of benzene rings is 1. The highest BCUT2D eigenvalue weighted by Crippen LogP contribution is 2.20. The third-order valence-electron chi connectivity index (χ3n) is 3.29. The van der Waals surface area contributed by atoms with E-state index >= 15 is 0 Å². The predicted molar refractivity (Wildman–Crippen MR) is 72.0 cm³/mol. The predicted octanol–water partition coefficient (Wildman–Crippen LogP) is 3.12. The fourth-order valence-electron chi connectivity index (χ4n) is 2.29. The number of hydrogen-bond donors (Lipinski definition) is 0. The molecule has 1 saturated heterocycles. The lowest BCUT2D eigenvalue weighted by Gasteiger charge is -2.31. The number of amides is 1. The molecule has 1 aliphatic heterocycles. The van der Waals surface area contributed by atoms with Crippen molar-refractivity contribution in [1.29, 1.82) is 0 Å². The first-order valence-electron chi connectivity index (χ1n) is 6.47. The Labute approximate surface area is 117 Å². The van der Waals surface area contributed by atoms with Crippen molar-refractivity contribution in [3.63, 3.8) is 0 Å². The summed E-state index contributed by atoms with van der Waals surface area (Å²) in [5, 5.41) is 0.369. The quantitative estimate of drug-likeness (QED) is 0.854. The molecule has 3 nitrogen and oxygen atoms in total. The summed E-state index contributed by atoms with van der Waals surface area (Å²) >= 11 is 5.81. The Morgan fingerprint density at radius 3 is 2.79 bits per heavy atom. The monoisotopic (exact) mass is 285 g/mol. The van der Waals surface area contributed by atoms with Crippen LogP contribution in [-0.4, -0.2) is 36.6 Å². The molecule has 0 radical (unpaired) electrons. The van der Waals surface area contributed by atoms with Gasteiger partial charge in [0.05, 0.1) is 11.7 Å². The third kappa shape index (κ3) is 3.45. The summed E-state index contributed by atoms with van der Waals surface area (Å²) in [6.07, 6.45) is 1.79. The molecule has 0 unspecified atom stereocenters. The Kier molecular flexibility index (Phi) is 4.77. The number of carbonyl (C=O) groups is 1. The number of rotatable bonds is 3. The number of carbonyl (C=O) groups excluding carboxylic acids is 1. The number of hydrogen-bond acceptors (Lipinski definition) is 2. The fraction of sp³-hybridized carbons (Fsp3) is 0.500. The van der Waals surface area contributed by atoms with Crippen LogP contribution in [0.25, 0.3) is 0 Å². The van der Waals surface area contributed by atoms with Gasteiger partial charge in [0.1, 0.15) is 5.82 Å². The van der Waals surface area contributed by atoms with Crippen molar-refractivity contribution in [2.24, 2.45) is 0 Å². The molecule has 0 spiro atoms. The van der Waals surface area contributed by atoms with E-state index in [9.17, 15) is 9.18 Å². The summed E-state index contributed by atoms with van der Waals surface area (Å²) in [6, 6.07) is 4.05. The molecule has 1 aromatic carbocycles. The molecule has 0 saturated carbocycles. The Bertz CT molecular complexity index is 459. The smallest absolute Gasteiger partial charge is 0.256 e. The van der Waals surface area contributed by atoms with Gasteiger partial charge >= 0.3 is 0 Å². The van der Waals surface area contributed by atoms with Crippen LogP contribution in [0.3, 0.4) is 0 Å². The number of nitrogens with zero attached hydrogens (tertiary/aromatic N) is 1. The largest absolute Gasteiger partial charge is 0.378 e. The summed E-state index contributed by atoms with van der Waals surface area (Å²) in [5.74, 6) is -0.823. The second kappa shape index (κ2) is 6.35. The van der Waals surface area contributed by atoms with Crippen LogP contribution in [0.2, 0.25) is 5.02 Å². The highest BCUT2D eigenvalue weighted by atomic mass is 35.5. The maximum atomic E-state index is 13.6. The maximum Gasteiger partial charge on any atom is 0.256 e. The van der Waals surface area contributed by atoms with Gasteiger partial charge in [-0.05, 0) is 38.0 Å². The summed E-state index contributed by atoms with van der Waals surface area (Å²) in [6.45, 7) is 3.82. The molecule has 1 fully saturated rings. The van der Waals surface area contributed by atoms with E-state index in [0.717, 1.165) is 12.8 Å². The van der Waals surface area contributed by atoms with Crippen LogP contribution in [-0.2, 0) is 4.74 Å². The highest BCUT2D eigenvalue weighted by Gasteiger charge is 2.25. The van der Waals surface area contributed by atoms with E-state index in [0.29, 0.717) is 24.7 Å². The SMILES string of the molecule is CCOC1CCN(C(=O)c2cc(Cl)ccc2F)CC1. The van der Waals surface area contributed by atoms with E-state index in [1.165, 1.54) is 18.2 Å². The standard InChI is InChI=1S/C14H17ClFNO2/c1-2-19-11-5-7-17(8-6-11)14(18)12-9-10(15)3-4-13(12)16/h3-4,9,11H,2,5-8H2,1H3. The van der Waals surface area contributed by atoms with Crippen LogP contribution in [0.1, 0.15) is 30.1 Å². The molecular formula is C14H17ClFNO2. The van der Waals surface area contributed by atoms with Crippen LogP contribution < -0.4 is 0 Å². The summed E-state index contributed by atoms with van der Waals surface area (Å²) in [7, 11) is 0. The van der Waals surface area contributed by atoms with Crippen LogP contribution in [0.15, 0.2) is 18.2 Å². The van der Waals surface area contributed by atoms with Crippen LogP contribution in [0.5, 0.6) is 0 Å². The second-order valence-electron chi connectivity index (χ2n) is 4.57. The van der Waals surface area contributed by atoms with Gasteiger partial charge in [-0.1, -0.05) is 11.6 Å². The average molecular weight is 286 g/mol. The molecule has 5 heteroatoms. The van der Waals surface area contributed by atoms with E-state index < -0.39 is 5.82 Å². The first-order chi connectivity index (χ1) is 9.11. The van der Waals surface area contributed by atoms with Crippen LogP contribution >= 0.6 is 11.6 Å². The molecule has 19 heavy (non-hydrogen) atoms. The molecule has 104 valence electrons. The number of piperidine rings is 1. The van der Waals surface area contributed by atoms with Gasteiger partial charge in [0.25, 0.3) is 5.91 Å². The minimum absolute atomic E-state index is 0.0439. The van der Waals surface area contributed by atoms with Crippen LogP contribution in [0, 0.1) is 5.82 Å². The van der Waals surface area contributed by atoms with Crippen molar-refractivity contribution in [2.75, 3.05) is 19.7 Å². The Balaban J connectivity index is 2.03. The normalized spacial score (nSPS) is 16.7. The molecule has 2 rings (SSSR count). The van der Waals surface area contributed by atoms with E-state index in [-0.39, 0.29) is 17.6 Å². The summed E-state index contributed by atoms with van der Waals surface area (Å²) in [5.41, 5.74) is 0.0439. The molecule has 0 bridgehead atoms. The van der Waals surface area contributed by atoms with Gasteiger partial charge in [-0.25, -0.2) is 4.39 Å². The Morgan fingerprint density at radius 1 is 1.47 bits per heavy atom. The van der Waals surface area contributed by atoms with Crippen molar-refractivity contribution in [1.82, 2.24) is 4.90 Å². The second-order valence-corrected chi connectivity index (χ2v) is 5.01. The van der Waals surface area contributed by atoms with Gasteiger partial charge in [0.2, 0.25) is 0 Å². The number of halogens is 2. The molecule has 0 aliphatic carbocycles. The first kappa shape index (κ1) is 14.3. The van der Waals surface area contributed by atoms with Crippen molar-refractivity contribution in [2.45, 2.75) is 25.9 Å². The zero-order valence-corrected chi connectivity index (χ0v) is 11.6. The molecule has 1 aromatic rings. The van der Waals surface area contributed by atoms with Gasteiger partial charge in [0, 0.05) is 24.7 Å². The minimum atomic E-state index is -0.527. The molecule has 0 atom stereocenters. The topological polar surface area (TPSA) is 29.5 Å². The maximum absolute atomic E-state index is 13.6. The van der Waals surface area contributed by atoms with Gasteiger partial charge < -0.3 is 9.64 Å². The fourth-order valence-corrected chi connectivity index (χ4v) is 2.47. The van der Waals surface area contributed by atoms with Gasteiger partial charge in [-0.3, -0.25) is 4.79 Å². The molecule has 0 N–H and O–H groups in total. The lowest BCUT2D eigenvalue weighted by Crippen LogP contribution is -2.41. The van der Waals surface area contributed by atoms with Crippen LogP contribution in [0.4, 0.5) is 4.39 Å². The van der Waals surface area contributed by atoms with Gasteiger partial charge in [0.15, 0.2) is 0 Å². The van der Waals surface area contributed by atoms with Crippen molar-refractivity contribution >= 4 is 17.5 Å². The van der Waals surface area contributed by atoms with Crippen molar-refractivity contribution < 1.29 is 13.9 Å². The first-order valence-corrected chi connectivity index (χ1v) is 6.85. The highest BCUT2D eigenvalue weighted by molar-refractivity contribution is 6.31. The van der Waals surface area contributed by atoms with E-state index in [1.54, 1.807) is 4.90 Å². The minimum Gasteiger partial charge on any atom is -0.378 e. The lowest BCUT2D eigenvalue weighted by atomic mass is 10.1. The lowest BCUT2D eigenvalue weighted by molar-refractivity contribution is 0.0145. The molecule has 0 aromatic heterocycles.